The molecule has 0 amide bonds. The maximum absolute atomic E-state index is 2.49. The van der Waals surface area contributed by atoms with Crippen molar-refractivity contribution in [2.75, 3.05) is 0 Å². The van der Waals surface area contributed by atoms with Gasteiger partial charge in [-0.2, -0.15) is 0 Å². The summed E-state index contributed by atoms with van der Waals surface area (Å²) in [6.45, 7) is 17.0. The van der Waals surface area contributed by atoms with E-state index in [1.165, 1.54) is 20.5 Å². The summed E-state index contributed by atoms with van der Waals surface area (Å²) in [6, 6.07) is 0. The first-order chi connectivity index (χ1) is 5.44. The maximum Gasteiger partial charge on any atom is 0.0109 e. The van der Waals surface area contributed by atoms with E-state index in [0.717, 1.165) is 5.54 Å². The Morgan fingerprint density at radius 1 is 0.923 bits per heavy atom. The average molecular weight is 217 g/mol. The number of hydrogen-bond acceptors (Lipinski definition) is 0. The molecule has 0 nitrogen and oxygen atoms in total. The molecule has 0 rings (SSSR count). The lowest BCUT2D eigenvalue weighted by Crippen LogP contribution is -2.42. The minimum atomic E-state index is 0.419. The molecule has 2 atom stereocenters. The highest BCUT2D eigenvalue weighted by Crippen LogP contribution is 2.58. The molecule has 0 aromatic rings. The molecule has 0 bridgehead atoms. The monoisotopic (exact) mass is 216 g/mol. The fourth-order valence-corrected chi connectivity index (χ4v) is 3.16. The van der Waals surface area contributed by atoms with Gasteiger partial charge in [-0.05, 0) is 15.9 Å². The number of hydrogen-bond donors (Lipinski definition) is 0. The Hall–Kier alpha value is 0.434. The van der Waals surface area contributed by atoms with Crippen LogP contribution in [-0.2, 0) is 0 Å². The van der Waals surface area contributed by atoms with Crippen LogP contribution in [0.5, 0.6) is 0 Å². The fraction of sp³-hybridized carbons (Fsp3) is 1.00. The average Bonchev–Trinajstić information content (AvgIpc) is 1.84. The van der Waals surface area contributed by atoms with E-state index >= 15 is 0 Å². The van der Waals surface area contributed by atoms with Crippen molar-refractivity contribution < 1.29 is 0 Å². The van der Waals surface area contributed by atoms with Gasteiger partial charge in [0, 0.05) is 20.5 Å². The van der Waals surface area contributed by atoms with Gasteiger partial charge in [-0.25, -0.2) is 0 Å². The van der Waals surface area contributed by atoms with Crippen molar-refractivity contribution in [3.05, 3.63) is 0 Å². The van der Waals surface area contributed by atoms with Gasteiger partial charge in [0.1, 0.15) is 0 Å². The molecule has 80 valence electrons. The van der Waals surface area contributed by atoms with Crippen LogP contribution in [0.25, 0.3) is 0 Å². The first kappa shape index (κ1) is 13.4. The lowest BCUT2D eigenvalue weighted by Gasteiger charge is -2.53. The summed E-state index contributed by atoms with van der Waals surface area (Å²) in [5.41, 5.74) is 1.80. The molecule has 0 aliphatic carbocycles. The first-order valence-electron chi connectivity index (χ1n) is 5.44. The standard InChI is InChI=1S/C11H28Si2/c1-8(12)11(7,13)10(5,6)9(2,3)4/h8H,1-7,12-13H3. The highest BCUT2D eigenvalue weighted by molar-refractivity contribution is 6.24. The second kappa shape index (κ2) is 3.54. The zero-order valence-electron chi connectivity index (χ0n) is 11.1. The molecule has 0 aromatic heterocycles. The van der Waals surface area contributed by atoms with Gasteiger partial charge in [-0.15, -0.1) is 0 Å². The van der Waals surface area contributed by atoms with E-state index in [0.29, 0.717) is 15.9 Å². The Morgan fingerprint density at radius 3 is 1.31 bits per heavy atom. The van der Waals surface area contributed by atoms with Crippen molar-refractivity contribution in [3.63, 3.8) is 0 Å². The van der Waals surface area contributed by atoms with Crippen LogP contribution in [0.3, 0.4) is 0 Å². The Bertz CT molecular complexity index is 173. The fourth-order valence-electron chi connectivity index (χ4n) is 1.69. The van der Waals surface area contributed by atoms with Crippen molar-refractivity contribution >= 4 is 20.5 Å². The third-order valence-electron chi connectivity index (χ3n) is 4.93. The van der Waals surface area contributed by atoms with Gasteiger partial charge in [0.2, 0.25) is 0 Å². The third-order valence-corrected chi connectivity index (χ3v) is 9.93. The third kappa shape index (κ3) is 2.27. The van der Waals surface area contributed by atoms with Gasteiger partial charge in [-0.3, -0.25) is 0 Å². The van der Waals surface area contributed by atoms with Crippen molar-refractivity contribution in [1.29, 1.82) is 0 Å². The maximum atomic E-state index is 2.49. The van der Waals surface area contributed by atoms with Gasteiger partial charge >= 0.3 is 0 Å². The van der Waals surface area contributed by atoms with Crippen LogP contribution in [0.1, 0.15) is 48.5 Å². The molecule has 0 fully saturated rings. The summed E-state index contributed by atoms with van der Waals surface area (Å²) in [6.07, 6.45) is 0. The van der Waals surface area contributed by atoms with E-state index in [9.17, 15) is 0 Å². The first-order valence-corrected chi connectivity index (χ1v) is 7.60. The van der Waals surface area contributed by atoms with Crippen molar-refractivity contribution in [2.45, 2.75) is 59.0 Å². The minimum absolute atomic E-state index is 0.419. The quantitative estimate of drug-likeness (QED) is 0.617. The minimum Gasteiger partial charge on any atom is -0.0655 e. The van der Waals surface area contributed by atoms with Crippen molar-refractivity contribution in [3.8, 4) is 0 Å². The van der Waals surface area contributed by atoms with Crippen LogP contribution in [0.4, 0.5) is 0 Å². The van der Waals surface area contributed by atoms with Gasteiger partial charge in [0.05, 0.1) is 0 Å². The lowest BCUT2D eigenvalue weighted by molar-refractivity contribution is 0.0742. The van der Waals surface area contributed by atoms with Gasteiger partial charge in [0.25, 0.3) is 0 Å². The molecule has 0 aliphatic rings. The summed E-state index contributed by atoms with van der Waals surface area (Å²) in [5.74, 6) is 0. The molecule has 2 heteroatoms. The lowest BCUT2D eigenvalue weighted by atomic mass is 9.61. The van der Waals surface area contributed by atoms with Crippen LogP contribution >= 0.6 is 0 Å². The zero-order valence-corrected chi connectivity index (χ0v) is 15.1. The molecule has 0 saturated heterocycles. The SMILES string of the molecule is CC([SiH3])C(C)([SiH3])C(C)(C)C(C)(C)C. The molecular formula is C11H28Si2. The van der Waals surface area contributed by atoms with Gasteiger partial charge < -0.3 is 0 Å². The topological polar surface area (TPSA) is 0 Å². The molecule has 2 unspecified atom stereocenters. The van der Waals surface area contributed by atoms with Crippen molar-refractivity contribution in [2.24, 2.45) is 10.8 Å². The Morgan fingerprint density at radius 2 is 1.23 bits per heavy atom. The van der Waals surface area contributed by atoms with Gasteiger partial charge in [0.15, 0.2) is 0 Å². The molecule has 0 radical (unpaired) electrons. The van der Waals surface area contributed by atoms with Crippen LogP contribution in [0.2, 0.25) is 10.6 Å². The Labute approximate surface area is 90.7 Å². The summed E-state index contributed by atoms with van der Waals surface area (Å²) >= 11 is 0. The largest absolute Gasteiger partial charge is 0.0655 e. The summed E-state index contributed by atoms with van der Waals surface area (Å²) in [4.78, 5) is 0. The molecular weight excluding hydrogens is 188 g/mol. The second-order valence-electron chi connectivity index (χ2n) is 6.75. The predicted octanol–water partition coefficient (Wildman–Crippen LogP) is 1.78. The van der Waals surface area contributed by atoms with E-state index in [4.69, 9.17) is 0 Å². The predicted molar refractivity (Wildman–Crippen MR) is 70.9 cm³/mol. The Balaban J connectivity index is 5.04. The molecule has 0 heterocycles. The Kier molecular flexibility index (Phi) is 3.66. The van der Waals surface area contributed by atoms with Gasteiger partial charge in [-0.1, -0.05) is 54.0 Å². The molecule has 0 spiro atoms. The molecule has 0 saturated carbocycles. The second-order valence-corrected chi connectivity index (χ2v) is 10.6. The van der Waals surface area contributed by atoms with Crippen LogP contribution < -0.4 is 0 Å². The highest BCUT2D eigenvalue weighted by Gasteiger charge is 2.46. The van der Waals surface area contributed by atoms with E-state index < -0.39 is 0 Å². The van der Waals surface area contributed by atoms with E-state index in [1.54, 1.807) is 0 Å². The van der Waals surface area contributed by atoms with Crippen LogP contribution in [-0.4, -0.2) is 20.5 Å². The smallest absolute Gasteiger partial charge is 0.0109 e. The normalized spacial score (nSPS) is 21.5. The van der Waals surface area contributed by atoms with E-state index in [-0.39, 0.29) is 0 Å². The van der Waals surface area contributed by atoms with Crippen molar-refractivity contribution in [1.82, 2.24) is 0 Å². The summed E-state index contributed by atoms with van der Waals surface area (Å²) < 4.78 is 0. The highest BCUT2D eigenvalue weighted by atomic mass is 28.2. The van der Waals surface area contributed by atoms with Crippen LogP contribution in [0.15, 0.2) is 0 Å². The van der Waals surface area contributed by atoms with E-state index in [2.05, 4.69) is 48.5 Å². The molecule has 0 aromatic carbocycles. The summed E-state index contributed by atoms with van der Waals surface area (Å²) in [7, 11) is 2.63. The number of rotatable bonds is 2. The molecule has 0 N–H and O–H groups in total. The van der Waals surface area contributed by atoms with E-state index in [1.807, 2.05) is 0 Å². The summed E-state index contributed by atoms with van der Waals surface area (Å²) in [5, 5.41) is 0.581. The molecule has 13 heavy (non-hydrogen) atoms. The molecule has 0 aliphatic heterocycles. The zero-order chi connectivity index (χ0) is 11.1. The van der Waals surface area contributed by atoms with Crippen LogP contribution in [0, 0.1) is 10.8 Å².